The Morgan fingerprint density at radius 2 is 2.21 bits per heavy atom. The van der Waals surface area contributed by atoms with Crippen molar-refractivity contribution in [3.63, 3.8) is 0 Å². The number of carboxylic acids is 1. The molecular formula is C13H19N3O3. The fraction of sp³-hybridized carbons (Fsp3) is 0.462. The zero-order valence-corrected chi connectivity index (χ0v) is 11.4. The molecule has 0 spiro atoms. The number of carbonyl (C=O) groups is 2. The van der Waals surface area contributed by atoms with Crippen molar-refractivity contribution in [2.45, 2.75) is 32.2 Å². The summed E-state index contributed by atoms with van der Waals surface area (Å²) in [6, 6.07) is 1.79. The first-order valence-electron chi connectivity index (χ1n) is 6.00. The van der Waals surface area contributed by atoms with Gasteiger partial charge in [-0.1, -0.05) is 0 Å². The molecule has 104 valence electrons. The molecule has 1 rings (SSSR count). The molecule has 0 aliphatic rings. The molecule has 0 aromatic carbocycles. The van der Waals surface area contributed by atoms with Gasteiger partial charge in [0.2, 0.25) is 5.91 Å². The summed E-state index contributed by atoms with van der Waals surface area (Å²) in [4.78, 5) is 22.2. The highest BCUT2D eigenvalue weighted by Crippen LogP contribution is 2.11. The van der Waals surface area contributed by atoms with Crippen LogP contribution < -0.4 is 5.32 Å². The predicted octanol–water partition coefficient (Wildman–Crippen LogP) is 1.19. The van der Waals surface area contributed by atoms with Gasteiger partial charge in [0, 0.05) is 31.3 Å². The van der Waals surface area contributed by atoms with Crippen LogP contribution in [-0.2, 0) is 16.6 Å². The summed E-state index contributed by atoms with van der Waals surface area (Å²) < 4.78 is 1.65. The molecule has 0 aliphatic heterocycles. The van der Waals surface area contributed by atoms with E-state index in [-0.39, 0.29) is 12.3 Å². The zero-order valence-electron chi connectivity index (χ0n) is 11.4. The Labute approximate surface area is 112 Å². The van der Waals surface area contributed by atoms with Crippen LogP contribution in [0.15, 0.2) is 18.3 Å². The lowest BCUT2D eigenvalue weighted by molar-refractivity contribution is -0.137. The van der Waals surface area contributed by atoms with E-state index in [1.54, 1.807) is 43.9 Å². The van der Waals surface area contributed by atoms with E-state index < -0.39 is 11.5 Å². The van der Waals surface area contributed by atoms with Crippen LogP contribution in [0.4, 0.5) is 0 Å². The third kappa shape index (κ3) is 5.37. The summed E-state index contributed by atoms with van der Waals surface area (Å²) in [6.07, 6.45) is 5.13. The monoisotopic (exact) mass is 265 g/mol. The maximum atomic E-state index is 11.7. The number of amides is 1. The van der Waals surface area contributed by atoms with E-state index in [0.717, 1.165) is 5.69 Å². The topological polar surface area (TPSA) is 84.2 Å². The van der Waals surface area contributed by atoms with Crippen LogP contribution in [0.25, 0.3) is 6.08 Å². The van der Waals surface area contributed by atoms with Crippen molar-refractivity contribution in [3.05, 3.63) is 24.0 Å². The average Bonchev–Trinajstić information content (AvgIpc) is 2.69. The largest absolute Gasteiger partial charge is 0.481 e. The minimum atomic E-state index is -0.868. The molecule has 0 aliphatic carbocycles. The van der Waals surface area contributed by atoms with Crippen molar-refractivity contribution in [1.29, 1.82) is 0 Å². The Kier molecular flexibility index (Phi) is 4.86. The molecule has 19 heavy (non-hydrogen) atoms. The minimum absolute atomic E-state index is 0.0265. The van der Waals surface area contributed by atoms with Crippen molar-refractivity contribution in [3.8, 4) is 0 Å². The predicted molar refractivity (Wildman–Crippen MR) is 71.3 cm³/mol. The van der Waals surface area contributed by atoms with Gasteiger partial charge in [-0.05, 0) is 32.4 Å². The average molecular weight is 265 g/mol. The second kappa shape index (κ2) is 6.17. The molecule has 0 unspecified atom stereocenters. The van der Waals surface area contributed by atoms with Crippen LogP contribution >= 0.6 is 0 Å². The van der Waals surface area contributed by atoms with Gasteiger partial charge in [0.1, 0.15) is 0 Å². The molecule has 0 saturated heterocycles. The summed E-state index contributed by atoms with van der Waals surface area (Å²) in [5.41, 5.74) is 0.269. The highest BCUT2D eigenvalue weighted by atomic mass is 16.4. The van der Waals surface area contributed by atoms with Gasteiger partial charge in [-0.3, -0.25) is 14.3 Å². The number of aryl methyl sites for hydroxylation is 1. The van der Waals surface area contributed by atoms with E-state index in [4.69, 9.17) is 5.11 Å². The molecule has 1 heterocycles. The Balaban J connectivity index is 2.53. The SMILES string of the molecule is Cn1nccc1C=CC(=O)NC(C)(C)CCC(=O)O. The Hall–Kier alpha value is -2.11. The number of nitrogens with zero attached hydrogens (tertiary/aromatic N) is 2. The molecule has 1 amide bonds. The van der Waals surface area contributed by atoms with Gasteiger partial charge in [-0.15, -0.1) is 0 Å². The summed E-state index contributed by atoms with van der Waals surface area (Å²) in [5.74, 6) is -1.12. The molecule has 0 atom stereocenters. The number of rotatable bonds is 6. The first-order chi connectivity index (χ1) is 8.80. The maximum Gasteiger partial charge on any atom is 0.303 e. The van der Waals surface area contributed by atoms with Crippen LogP contribution in [-0.4, -0.2) is 32.3 Å². The zero-order chi connectivity index (χ0) is 14.5. The van der Waals surface area contributed by atoms with E-state index >= 15 is 0 Å². The molecule has 1 aromatic rings. The lowest BCUT2D eigenvalue weighted by Crippen LogP contribution is -2.42. The Bertz CT molecular complexity index is 489. The second-order valence-corrected chi connectivity index (χ2v) is 4.98. The highest BCUT2D eigenvalue weighted by molar-refractivity contribution is 5.92. The maximum absolute atomic E-state index is 11.7. The van der Waals surface area contributed by atoms with Gasteiger partial charge in [0.05, 0.1) is 5.69 Å². The van der Waals surface area contributed by atoms with Crippen molar-refractivity contribution in [1.82, 2.24) is 15.1 Å². The molecule has 6 nitrogen and oxygen atoms in total. The highest BCUT2D eigenvalue weighted by Gasteiger charge is 2.20. The number of nitrogens with one attached hydrogen (secondary N) is 1. The van der Waals surface area contributed by atoms with Crippen molar-refractivity contribution in [2.75, 3.05) is 0 Å². The number of aromatic nitrogens is 2. The molecule has 2 N–H and O–H groups in total. The van der Waals surface area contributed by atoms with Crippen molar-refractivity contribution >= 4 is 18.0 Å². The van der Waals surface area contributed by atoms with E-state index in [2.05, 4.69) is 10.4 Å². The third-order valence-electron chi connectivity index (χ3n) is 2.69. The number of aliphatic carboxylic acids is 1. The number of hydrogen-bond acceptors (Lipinski definition) is 3. The molecular weight excluding hydrogens is 246 g/mol. The van der Waals surface area contributed by atoms with Crippen LogP contribution in [0, 0.1) is 0 Å². The van der Waals surface area contributed by atoms with Crippen LogP contribution in [0.2, 0.25) is 0 Å². The van der Waals surface area contributed by atoms with Gasteiger partial charge in [0.25, 0.3) is 0 Å². The smallest absolute Gasteiger partial charge is 0.303 e. The summed E-state index contributed by atoms with van der Waals surface area (Å²) in [7, 11) is 1.79. The normalized spacial score (nSPS) is 11.7. The third-order valence-corrected chi connectivity index (χ3v) is 2.69. The lowest BCUT2D eigenvalue weighted by atomic mass is 9.98. The molecule has 0 radical (unpaired) electrons. The number of hydrogen-bond donors (Lipinski definition) is 2. The van der Waals surface area contributed by atoms with Crippen molar-refractivity contribution < 1.29 is 14.7 Å². The fourth-order valence-electron chi connectivity index (χ4n) is 1.57. The summed E-state index contributed by atoms with van der Waals surface area (Å²) >= 11 is 0. The Morgan fingerprint density at radius 3 is 2.74 bits per heavy atom. The summed E-state index contributed by atoms with van der Waals surface area (Å²) in [6.45, 7) is 3.59. The first-order valence-corrected chi connectivity index (χ1v) is 6.00. The van der Waals surface area contributed by atoms with Gasteiger partial charge in [0.15, 0.2) is 0 Å². The van der Waals surface area contributed by atoms with Gasteiger partial charge >= 0.3 is 5.97 Å². The lowest BCUT2D eigenvalue weighted by Gasteiger charge is -2.24. The first kappa shape index (κ1) is 14.9. The Morgan fingerprint density at radius 1 is 1.53 bits per heavy atom. The quantitative estimate of drug-likeness (QED) is 0.757. The number of carboxylic acid groups (broad SMARTS) is 1. The molecule has 0 saturated carbocycles. The standard InChI is InChI=1S/C13H19N3O3/c1-13(2,8-6-12(18)19)15-11(17)5-4-10-7-9-14-16(10)3/h4-5,7,9H,6,8H2,1-3H3,(H,15,17)(H,18,19). The molecule has 6 heteroatoms. The number of carbonyl (C=O) groups excluding carboxylic acids is 1. The summed E-state index contributed by atoms with van der Waals surface area (Å²) in [5, 5.41) is 15.4. The molecule has 0 bridgehead atoms. The van der Waals surface area contributed by atoms with Crippen LogP contribution in [0.1, 0.15) is 32.4 Å². The van der Waals surface area contributed by atoms with E-state index in [1.807, 2.05) is 0 Å². The van der Waals surface area contributed by atoms with Gasteiger partial charge in [-0.25, -0.2) is 0 Å². The molecule has 0 fully saturated rings. The van der Waals surface area contributed by atoms with E-state index in [0.29, 0.717) is 6.42 Å². The van der Waals surface area contributed by atoms with Gasteiger partial charge < -0.3 is 10.4 Å². The minimum Gasteiger partial charge on any atom is -0.481 e. The van der Waals surface area contributed by atoms with E-state index in [9.17, 15) is 9.59 Å². The van der Waals surface area contributed by atoms with Crippen LogP contribution in [0.3, 0.4) is 0 Å². The fourth-order valence-corrected chi connectivity index (χ4v) is 1.57. The van der Waals surface area contributed by atoms with Crippen molar-refractivity contribution in [2.24, 2.45) is 7.05 Å². The van der Waals surface area contributed by atoms with Gasteiger partial charge in [-0.2, -0.15) is 5.10 Å². The van der Waals surface area contributed by atoms with E-state index in [1.165, 1.54) is 6.08 Å². The van der Waals surface area contributed by atoms with Crippen LogP contribution in [0.5, 0.6) is 0 Å². The second-order valence-electron chi connectivity index (χ2n) is 4.98. The molecule has 1 aromatic heterocycles.